The van der Waals surface area contributed by atoms with Crippen molar-refractivity contribution in [2.75, 3.05) is 0 Å². The second kappa shape index (κ2) is 6.93. The van der Waals surface area contributed by atoms with Gasteiger partial charge >= 0.3 is 0 Å². The maximum atomic E-state index is 9.58. The van der Waals surface area contributed by atoms with Gasteiger partial charge in [-0.05, 0) is 55.4 Å². The van der Waals surface area contributed by atoms with E-state index in [2.05, 4.69) is 32.6 Å². The fraction of sp³-hybridized carbons (Fsp3) is 0.579. The molecule has 0 aliphatic heterocycles. The SMILES string of the molecule is Oc1ccc2c(c1)CCC(NCc1cn(C3CCCCC3)nn1)C2. The first-order valence-corrected chi connectivity index (χ1v) is 9.23. The minimum atomic E-state index is 0.375. The summed E-state index contributed by atoms with van der Waals surface area (Å²) in [5.74, 6) is 0.375. The van der Waals surface area contributed by atoms with Crippen LogP contribution in [0.1, 0.15) is 61.4 Å². The fourth-order valence-electron chi connectivity index (χ4n) is 4.08. The molecule has 1 aromatic carbocycles. The third-order valence-electron chi connectivity index (χ3n) is 5.50. The van der Waals surface area contributed by atoms with Crippen LogP contribution in [0.3, 0.4) is 0 Å². The summed E-state index contributed by atoms with van der Waals surface area (Å²) >= 11 is 0. The smallest absolute Gasteiger partial charge is 0.115 e. The molecule has 128 valence electrons. The normalized spacial score (nSPS) is 21.6. The molecule has 2 N–H and O–H groups in total. The van der Waals surface area contributed by atoms with Crippen LogP contribution in [-0.4, -0.2) is 26.1 Å². The van der Waals surface area contributed by atoms with Crippen molar-refractivity contribution in [2.24, 2.45) is 0 Å². The zero-order chi connectivity index (χ0) is 16.4. The van der Waals surface area contributed by atoms with E-state index < -0.39 is 0 Å². The molecule has 0 bridgehead atoms. The Bertz CT molecular complexity index is 690. The summed E-state index contributed by atoms with van der Waals surface area (Å²) in [6.45, 7) is 0.783. The molecular weight excluding hydrogens is 300 g/mol. The summed E-state index contributed by atoms with van der Waals surface area (Å²) in [7, 11) is 0. The van der Waals surface area contributed by atoms with E-state index in [0.717, 1.165) is 31.5 Å². The molecule has 5 heteroatoms. The van der Waals surface area contributed by atoms with Crippen LogP contribution in [0.15, 0.2) is 24.4 Å². The molecule has 2 aliphatic carbocycles. The monoisotopic (exact) mass is 326 g/mol. The van der Waals surface area contributed by atoms with Gasteiger partial charge in [-0.1, -0.05) is 30.5 Å². The second-order valence-electron chi connectivity index (χ2n) is 7.26. The van der Waals surface area contributed by atoms with Gasteiger partial charge in [0.1, 0.15) is 5.75 Å². The third-order valence-corrected chi connectivity index (χ3v) is 5.50. The minimum Gasteiger partial charge on any atom is -0.508 e. The van der Waals surface area contributed by atoms with Crippen LogP contribution in [-0.2, 0) is 19.4 Å². The van der Waals surface area contributed by atoms with Crippen LogP contribution in [0, 0.1) is 0 Å². The fourth-order valence-corrected chi connectivity index (χ4v) is 4.08. The van der Waals surface area contributed by atoms with Crippen LogP contribution in [0.25, 0.3) is 0 Å². The Morgan fingerprint density at radius 2 is 2.00 bits per heavy atom. The quantitative estimate of drug-likeness (QED) is 0.906. The Hall–Kier alpha value is -1.88. The molecule has 4 rings (SSSR count). The highest BCUT2D eigenvalue weighted by Crippen LogP contribution is 2.27. The van der Waals surface area contributed by atoms with Crippen molar-refractivity contribution < 1.29 is 5.11 Å². The lowest BCUT2D eigenvalue weighted by Gasteiger charge is -2.25. The van der Waals surface area contributed by atoms with E-state index in [1.807, 2.05) is 6.07 Å². The van der Waals surface area contributed by atoms with Gasteiger partial charge in [0.15, 0.2) is 0 Å². The Labute approximate surface area is 143 Å². The molecule has 1 atom stereocenters. The number of rotatable bonds is 4. The average Bonchev–Trinajstić information content (AvgIpc) is 3.10. The number of nitrogens with one attached hydrogen (secondary N) is 1. The average molecular weight is 326 g/mol. The van der Waals surface area contributed by atoms with Crippen molar-refractivity contribution >= 4 is 0 Å². The number of hydrogen-bond acceptors (Lipinski definition) is 4. The zero-order valence-electron chi connectivity index (χ0n) is 14.1. The van der Waals surface area contributed by atoms with E-state index in [0.29, 0.717) is 17.8 Å². The summed E-state index contributed by atoms with van der Waals surface area (Å²) in [6.07, 6.45) is 11.7. The first kappa shape index (κ1) is 15.6. The van der Waals surface area contributed by atoms with Crippen molar-refractivity contribution in [1.82, 2.24) is 20.3 Å². The van der Waals surface area contributed by atoms with Gasteiger partial charge in [0.25, 0.3) is 0 Å². The molecular formula is C19H26N4O. The third kappa shape index (κ3) is 3.46. The highest BCUT2D eigenvalue weighted by molar-refractivity contribution is 5.37. The predicted octanol–water partition coefficient (Wildman–Crippen LogP) is 3.14. The van der Waals surface area contributed by atoms with Crippen LogP contribution >= 0.6 is 0 Å². The molecule has 1 unspecified atom stereocenters. The van der Waals surface area contributed by atoms with Crippen molar-refractivity contribution in [3.8, 4) is 5.75 Å². The largest absolute Gasteiger partial charge is 0.508 e. The Balaban J connectivity index is 1.32. The van der Waals surface area contributed by atoms with Crippen LogP contribution < -0.4 is 5.32 Å². The molecule has 0 radical (unpaired) electrons. The van der Waals surface area contributed by atoms with Gasteiger partial charge in [-0.3, -0.25) is 0 Å². The van der Waals surface area contributed by atoms with E-state index in [-0.39, 0.29) is 0 Å². The summed E-state index contributed by atoms with van der Waals surface area (Å²) < 4.78 is 2.08. The highest BCUT2D eigenvalue weighted by atomic mass is 16.3. The van der Waals surface area contributed by atoms with Crippen molar-refractivity contribution in [3.05, 3.63) is 41.2 Å². The molecule has 1 aromatic heterocycles. The molecule has 0 amide bonds. The number of phenolic OH excluding ortho intramolecular Hbond substituents is 1. The van der Waals surface area contributed by atoms with Crippen LogP contribution in [0.5, 0.6) is 5.75 Å². The predicted molar refractivity (Wildman–Crippen MR) is 92.9 cm³/mol. The van der Waals surface area contributed by atoms with Crippen LogP contribution in [0.2, 0.25) is 0 Å². The minimum absolute atomic E-state index is 0.375. The first-order chi connectivity index (χ1) is 11.8. The molecule has 2 aromatic rings. The number of aromatic hydroxyl groups is 1. The topological polar surface area (TPSA) is 63.0 Å². The zero-order valence-corrected chi connectivity index (χ0v) is 14.1. The van der Waals surface area contributed by atoms with E-state index in [1.165, 1.54) is 43.2 Å². The van der Waals surface area contributed by atoms with Crippen molar-refractivity contribution in [2.45, 2.75) is 70.0 Å². The number of phenols is 1. The van der Waals surface area contributed by atoms with Gasteiger partial charge in [0, 0.05) is 12.6 Å². The van der Waals surface area contributed by atoms with Gasteiger partial charge in [-0.25, -0.2) is 4.68 Å². The standard InChI is InChI=1S/C19H26N4O/c24-19-9-7-14-10-16(8-6-15(14)11-19)20-12-17-13-23(22-21-17)18-4-2-1-3-5-18/h7,9,11,13,16,18,20,24H,1-6,8,10,12H2. The molecule has 1 heterocycles. The Kier molecular flexibility index (Phi) is 4.52. The molecule has 2 aliphatic rings. The summed E-state index contributed by atoms with van der Waals surface area (Å²) in [5.41, 5.74) is 3.68. The van der Waals surface area contributed by atoms with E-state index in [9.17, 15) is 5.11 Å². The summed E-state index contributed by atoms with van der Waals surface area (Å²) in [6, 6.07) is 6.77. The number of benzene rings is 1. The molecule has 1 saturated carbocycles. The maximum Gasteiger partial charge on any atom is 0.115 e. The summed E-state index contributed by atoms with van der Waals surface area (Å²) in [5, 5.41) is 21.9. The van der Waals surface area contributed by atoms with Gasteiger partial charge in [-0.15, -0.1) is 5.10 Å². The molecule has 0 spiro atoms. The van der Waals surface area contributed by atoms with Crippen molar-refractivity contribution in [3.63, 3.8) is 0 Å². The van der Waals surface area contributed by atoms with Gasteiger partial charge in [0.2, 0.25) is 0 Å². The lowest BCUT2D eigenvalue weighted by atomic mass is 9.88. The van der Waals surface area contributed by atoms with E-state index in [4.69, 9.17) is 0 Å². The lowest BCUT2D eigenvalue weighted by Crippen LogP contribution is -2.34. The summed E-state index contributed by atoms with van der Waals surface area (Å²) in [4.78, 5) is 0. The molecule has 5 nitrogen and oxygen atoms in total. The van der Waals surface area contributed by atoms with Gasteiger partial charge < -0.3 is 10.4 Å². The van der Waals surface area contributed by atoms with E-state index in [1.54, 1.807) is 6.07 Å². The first-order valence-electron chi connectivity index (χ1n) is 9.23. The number of aromatic nitrogens is 3. The van der Waals surface area contributed by atoms with Crippen molar-refractivity contribution in [1.29, 1.82) is 0 Å². The van der Waals surface area contributed by atoms with Crippen LogP contribution in [0.4, 0.5) is 0 Å². The molecule has 0 saturated heterocycles. The Morgan fingerprint density at radius 1 is 1.12 bits per heavy atom. The molecule has 1 fully saturated rings. The number of aryl methyl sites for hydroxylation is 1. The van der Waals surface area contributed by atoms with Gasteiger partial charge in [0.05, 0.1) is 17.9 Å². The van der Waals surface area contributed by atoms with E-state index >= 15 is 0 Å². The maximum absolute atomic E-state index is 9.58. The second-order valence-corrected chi connectivity index (χ2v) is 7.26. The lowest BCUT2D eigenvalue weighted by molar-refractivity contribution is 0.324. The number of hydrogen-bond donors (Lipinski definition) is 2. The highest BCUT2D eigenvalue weighted by Gasteiger charge is 2.20. The number of nitrogens with zero attached hydrogens (tertiary/aromatic N) is 3. The Morgan fingerprint density at radius 3 is 2.88 bits per heavy atom. The number of fused-ring (bicyclic) bond motifs is 1. The molecule has 24 heavy (non-hydrogen) atoms. The van der Waals surface area contributed by atoms with Gasteiger partial charge in [-0.2, -0.15) is 0 Å².